The van der Waals surface area contributed by atoms with E-state index in [9.17, 15) is 0 Å². The number of rotatable bonds is 14. The molecule has 2 aliphatic rings. The van der Waals surface area contributed by atoms with E-state index in [0.717, 1.165) is 173 Å². The molecule has 0 amide bonds. The number of hydrogen-bond acceptors (Lipinski definition) is 5. The molecule has 116 heavy (non-hydrogen) atoms. The molecule has 0 fully saturated rings. The minimum absolute atomic E-state index is 0.169. The predicted molar refractivity (Wildman–Crippen MR) is 482 cm³/mol. The van der Waals surface area contributed by atoms with E-state index < -0.39 is 5.41 Å². The Kier molecular flexibility index (Phi) is 16.9. The molecule has 0 radical (unpaired) electrons. The summed E-state index contributed by atoms with van der Waals surface area (Å²) in [4.78, 5) is 28.4. The van der Waals surface area contributed by atoms with E-state index in [1.54, 1.807) is 0 Å². The molecule has 0 atom stereocenters. The van der Waals surface area contributed by atoms with Crippen LogP contribution in [0.1, 0.15) is 49.9 Å². The normalized spacial score (nSPS) is 12.8. The lowest BCUT2D eigenvalue weighted by molar-refractivity contribution is 0.660. The van der Waals surface area contributed by atoms with Crippen LogP contribution in [0.2, 0.25) is 0 Å². The minimum atomic E-state index is -0.397. The molecule has 19 aromatic rings. The molecule has 0 bridgehead atoms. The Bertz CT molecular complexity index is 6800. The Morgan fingerprint density at radius 1 is 0.155 bits per heavy atom. The van der Waals surface area contributed by atoms with Crippen LogP contribution < -0.4 is 0 Å². The van der Waals surface area contributed by atoms with E-state index >= 15 is 0 Å². The number of nitrogens with zero attached hydrogens (tertiary/aromatic N) is 5. The monoisotopic (exact) mass is 1480 g/mol. The first-order chi connectivity index (χ1) is 56.9. The van der Waals surface area contributed by atoms with E-state index in [1.807, 2.05) is 0 Å². The van der Waals surface area contributed by atoms with Crippen molar-refractivity contribution in [1.82, 2.24) is 24.9 Å². The molecule has 21 rings (SSSR count). The molecule has 5 heterocycles. The lowest BCUT2D eigenvalue weighted by Crippen LogP contribution is -2.16. The first kappa shape index (κ1) is 69.3. The van der Waals surface area contributed by atoms with E-state index in [2.05, 4.69) is 422 Å². The second-order valence-corrected chi connectivity index (χ2v) is 31.8. The summed E-state index contributed by atoms with van der Waals surface area (Å²) < 4.78 is 0. The molecular formula is C111H77N5. The van der Waals surface area contributed by atoms with Gasteiger partial charge in [0.15, 0.2) is 0 Å². The highest BCUT2D eigenvalue weighted by Gasteiger charge is 2.39. The Morgan fingerprint density at radius 3 is 0.853 bits per heavy atom. The number of hydrogen-bond donors (Lipinski definition) is 0. The van der Waals surface area contributed by atoms with Crippen LogP contribution in [0.4, 0.5) is 0 Å². The third-order valence-corrected chi connectivity index (χ3v) is 24.0. The Hall–Kier alpha value is -14.7. The van der Waals surface area contributed by atoms with Crippen molar-refractivity contribution in [3.05, 3.63) is 417 Å². The number of pyridine rings is 5. The maximum absolute atomic E-state index is 5.81. The van der Waals surface area contributed by atoms with Crippen LogP contribution in [-0.2, 0) is 10.8 Å². The highest BCUT2D eigenvalue weighted by Crippen LogP contribution is 2.55. The van der Waals surface area contributed by atoms with Crippen molar-refractivity contribution >= 4 is 21.8 Å². The van der Waals surface area contributed by atoms with Crippen LogP contribution in [0.3, 0.4) is 0 Å². The molecule has 5 aromatic heterocycles. The fourth-order valence-corrected chi connectivity index (χ4v) is 18.1. The Morgan fingerprint density at radius 2 is 0.440 bits per heavy atom. The van der Waals surface area contributed by atoms with Gasteiger partial charge in [0, 0.05) is 66.1 Å². The summed E-state index contributed by atoms with van der Waals surface area (Å²) in [5.41, 5.74) is 39.8. The second kappa shape index (κ2) is 28.2. The molecule has 5 heteroatoms. The maximum atomic E-state index is 5.81. The van der Waals surface area contributed by atoms with Gasteiger partial charge >= 0.3 is 0 Å². The maximum Gasteiger partial charge on any atom is 0.0978 e. The van der Waals surface area contributed by atoms with Crippen molar-refractivity contribution in [3.8, 4) is 179 Å². The largest absolute Gasteiger partial charge is 0.248 e. The van der Waals surface area contributed by atoms with Gasteiger partial charge < -0.3 is 0 Å². The van der Waals surface area contributed by atoms with E-state index in [-0.39, 0.29) is 5.41 Å². The van der Waals surface area contributed by atoms with Gasteiger partial charge in [0.2, 0.25) is 0 Å². The number of aromatic nitrogens is 5. The lowest BCUT2D eigenvalue weighted by atomic mass is 9.78. The smallest absolute Gasteiger partial charge is 0.0978 e. The van der Waals surface area contributed by atoms with Crippen LogP contribution in [0.25, 0.3) is 201 Å². The molecule has 0 saturated heterocycles. The summed E-state index contributed by atoms with van der Waals surface area (Å²) in [5.74, 6) is 0. The van der Waals surface area contributed by atoms with Crippen molar-refractivity contribution in [2.45, 2.75) is 38.5 Å². The number of fused-ring (bicyclic) bond motifs is 9. The summed E-state index contributed by atoms with van der Waals surface area (Å²) in [6.07, 6.45) is 0. The fraction of sp³-hybridized carbons (Fsp3) is 0.0541. The molecule has 546 valence electrons. The van der Waals surface area contributed by atoms with Crippen molar-refractivity contribution in [3.63, 3.8) is 0 Å². The summed E-state index contributed by atoms with van der Waals surface area (Å²) >= 11 is 0. The van der Waals surface area contributed by atoms with Crippen LogP contribution in [-0.4, -0.2) is 24.9 Å². The second-order valence-electron chi connectivity index (χ2n) is 31.8. The van der Waals surface area contributed by atoms with Crippen molar-refractivity contribution in [2.24, 2.45) is 0 Å². The lowest BCUT2D eigenvalue weighted by Gasteiger charge is -2.25. The molecule has 0 spiro atoms. The standard InChI is InChI=1S/C111H77N5/c1-110(2)96-46-27-26-43-88(96)89-53-51-79(60-97(89)110)105-68-94(73-35-18-8-19-36-73)92-55-56-93-95(74-37-20-9-21-38-74)69-106(116-109(93)108(92)115-105)80-52-54-90-91-45-28-44-87(107(91)111(3,4)98(90)61-80)75-47-49-78(50-48-75)101-64-83(72-33-16-7-17-34-72)67-104(114-101)86-58-84(102-65-81(70-29-12-5-13-30-70)62-99(112-102)76-39-22-10-23-40-76)57-85(59-86)103-66-82(71-31-14-6-15-32-71)63-100(113-103)77-41-24-11-25-42-77/h5-69H,1-4H3. The average Bonchev–Trinajstić information content (AvgIpc) is 1.47. The van der Waals surface area contributed by atoms with E-state index in [4.69, 9.17) is 24.9 Å². The first-order valence-corrected chi connectivity index (χ1v) is 40.0. The molecule has 0 aliphatic heterocycles. The van der Waals surface area contributed by atoms with Gasteiger partial charge in [-0.25, -0.2) is 24.9 Å². The fourth-order valence-electron chi connectivity index (χ4n) is 18.1. The van der Waals surface area contributed by atoms with E-state index in [0.29, 0.717) is 0 Å². The molecule has 0 saturated carbocycles. The Balaban J connectivity index is 0.675. The quantitative estimate of drug-likeness (QED) is 0.102. The van der Waals surface area contributed by atoms with Gasteiger partial charge in [0.1, 0.15) is 0 Å². The van der Waals surface area contributed by atoms with Gasteiger partial charge in [-0.3, -0.25) is 0 Å². The zero-order valence-electron chi connectivity index (χ0n) is 64.8. The van der Waals surface area contributed by atoms with Gasteiger partial charge in [0.05, 0.1) is 56.6 Å². The molecule has 0 unspecified atom stereocenters. The van der Waals surface area contributed by atoms with E-state index in [1.165, 1.54) is 50.1 Å². The molecular weight excluding hydrogens is 1400 g/mol. The van der Waals surface area contributed by atoms with Crippen molar-refractivity contribution in [1.29, 1.82) is 0 Å². The van der Waals surface area contributed by atoms with Crippen molar-refractivity contribution < 1.29 is 0 Å². The van der Waals surface area contributed by atoms with Crippen LogP contribution in [0.15, 0.2) is 394 Å². The summed E-state index contributed by atoms with van der Waals surface area (Å²) in [7, 11) is 0. The van der Waals surface area contributed by atoms with Gasteiger partial charge in [-0.05, 0) is 190 Å². The zero-order valence-corrected chi connectivity index (χ0v) is 64.8. The zero-order chi connectivity index (χ0) is 77.6. The summed E-state index contributed by atoms with van der Waals surface area (Å²) in [6.45, 7) is 9.48. The Labute approximate surface area is 676 Å². The van der Waals surface area contributed by atoms with Gasteiger partial charge in [-0.1, -0.05) is 343 Å². The van der Waals surface area contributed by atoms with Crippen molar-refractivity contribution in [2.75, 3.05) is 0 Å². The topological polar surface area (TPSA) is 64.5 Å². The number of benzene rings is 14. The van der Waals surface area contributed by atoms with Crippen LogP contribution in [0.5, 0.6) is 0 Å². The SMILES string of the molecule is CC1(C)c2ccccc2-c2ccc(-c3cc(-c4ccccc4)c4ccc5c(-c6ccccc6)cc(-c6ccc7c(c6)C(C)(C)c6c(-c8ccc(-c9cc(-c%10ccccc%10)cc(-c%10cc(-c%11cc(-c%12ccccc%12)cc(-c%12ccccc%12)n%11)cc(-c%11cc(-c%12ccccc%12)cc(-c%12ccccc%12)n%11)c%10)n9)cc8)cccc6-7)nc5c4n3)cc21. The van der Waals surface area contributed by atoms with Gasteiger partial charge in [-0.15, -0.1) is 0 Å². The summed E-state index contributed by atoms with van der Waals surface area (Å²) in [5, 5.41) is 2.11. The predicted octanol–water partition coefficient (Wildman–Crippen LogP) is 28.9. The summed E-state index contributed by atoms with van der Waals surface area (Å²) in [6, 6.07) is 142. The third-order valence-electron chi connectivity index (χ3n) is 24.0. The minimum Gasteiger partial charge on any atom is -0.248 e. The third kappa shape index (κ3) is 12.3. The van der Waals surface area contributed by atoms with Crippen LogP contribution in [0, 0.1) is 0 Å². The van der Waals surface area contributed by atoms with Gasteiger partial charge in [0.25, 0.3) is 0 Å². The molecule has 0 N–H and O–H groups in total. The highest BCUT2D eigenvalue weighted by atomic mass is 14.8. The molecule has 2 aliphatic carbocycles. The highest BCUT2D eigenvalue weighted by molar-refractivity contribution is 6.14. The first-order valence-electron chi connectivity index (χ1n) is 40.0. The molecule has 5 nitrogen and oxygen atoms in total. The average molecular weight is 1480 g/mol. The van der Waals surface area contributed by atoms with Crippen LogP contribution >= 0.6 is 0 Å². The van der Waals surface area contributed by atoms with Gasteiger partial charge in [-0.2, -0.15) is 0 Å². The molecule has 14 aromatic carbocycles.